The molecule has 1 aliphatic heterocycles. The Bertz CT molecular complexity index is 1210. The number of hydrogen-bond donors (Lipinski definition) is 1. The predicted molar refractivity (Wildman–Crippen MR) is 129 cm³/mol. The molecule has 0 saturated carbocycles. The molecule has 5 rings (SSSR count). The number of carbonyl (C=O) groups excluding carboxylic acids is 1. The van der Waals surface area contributed by atoms with Crippen molar-refractivity contribution in [3.05, 3.63) is 107 Å². The number of rotatable bonds is 6. The Morgan fingerprint density at radius 1 is 0.824 bits per heavy atom. The van der Waals surface area contributed by atoms with Crippen LogP contribution in [0.5, 0.6) is 0 Å². The highest BCUT2D eigenvalue weighted by Gasteiger charge is 2.28. The third kappa shape index (κ3) is 4.73. The van der Waals surface area contributed by atoms with Gasteiger partial charge in [-0.1, -0.05) is 42.5 Å². The number of para-hydroxylation sites is 1. The van der Waals surface area contributed by atoms with Gasteiger partial charge in [0.15, 0.2) is 0 Å². The van der Waals surface area contributed by atoms with Gasteiger partial charge in [0.1, 0.15) is 11.6 Å². The normalized spacial score (nSPS) is 14.7. The lowest BCUT2D eigenvalue weighted by atomic mass is 9.96. The van der Waals surface area contributed by atoms with Crippen molar-refractivity contribution in [1.29, 1.82) is 0 Å². The summed E-state index contributed by atoms with van der Waals surface area (Å²) in [6, 6.07) is 20.9. The average Bonchev–Trinajstić information content (AvgIpc) is 3.28. The Morgan fingerprint density at radius 3 is 2.03 bits per heavy atom. The highest BCUT2D eigenvalue weighted by Crippen LogP contribution is 2.30. The van der Waals surface area contributed by atoms with E-state index >= 15 is 0 Å². The molecule has 0 radical (unpaired) electrons. The lowest BCUT2D eigenvalue weighted by Gasteiger charge is -2.40. The monoisotopic (exact) mass is 459 g/mol. The Morgan fingerprint density at radius 2 is 1.41 bits per heavy atom. The van der Waals surface area contributed by atoms with Crippen molar-refractivity contribution in [1.82, 2.24) is 14.8 Å². The van der Waals surface area contributed by atoms with Gasteiger partial charge >= 0.3 is 0 Å². The minimum absolute atomic E-state index is 0.121. The van der Waals surface area contributed by atoms with Crippen molar-refractivity contribution >= 4 is 16.8 Å². The van der Waals surface area contributed by atoms with Gasteiger partial charge in [-0.3, -0.25) is 9.69 Å². The fourth-order valence-corrected chi connectivity index (χ4v) is 4.87. The summed E-state index contributed by atoms with van der Waals surface area (Å²) >= 11 is 0. The van der Waals surface area contributed by atoms with Crippen LogP contribution in [0.1, 0.15) is 29.2 Å². The molecule has 0 atom stereocenters. The number of halogens is 2. The summed E-state index contributed by atoms with van der Waals surface area (Å²) in [7, 11) is 0. The van der Waals surface area contributed by atoms with Crippen molar-refractivity contribution in [3.8, 4) is 0 Å². The second kappa shape index (κ2) is 9.77. The zero-order valence-corrected chi connectivity index (χ0v) is 18.9. The highest BCUT2D eigenvalue weighted by atomic mass is 19.1. The summed E-state index contributed by atoms with van der Waals surface area (Å²) in [5.41, 5.74) is 4.15. The lowest BCUT2D eigenvalue weighted by Crippen LogP contribution is -2.49. The first kappa shape index (κ1) is 22.3. The summed E-state index contributed by atoms with van der Waals surface area (Å²) < 4.78 is 27.1. The molecule has 1 fully saturated rings. The first-order valence-corrected chi connectivity index (χ1v) is 11.7. The number of benzene rings is 3. The number of aromatic nitrogens is 1. The number of amides is 1. The van der Waals surface area contributed by atoms with Gasteiger partial charge in [-0.2, -0.15) is 0 Å². The summed E-state index contributed by atoms with van der Waals surface area (Å²) in [4.78, 5) is 20.4. The van der Waals surface area contributed by atoms with Crippen LogP contribution in [-0.2, 0) is 11.2 Å². The third-order valence-corrected chi connectivity index (χ3v) is 6.69. The lowest BCUT2D eigenvalue weighted by molar-refractivity contribution is -0.133. The van der Waals surface area contributed by atoms with Crippen LogP contribution in [0, 0.1) is 11.6 Å². The van der Waals surface area contributed by atoms with E-state index in [2.05, 4.69) is 16.0 Å². The number of nitrogens with one attached hydrogen (secondary N) is 1. The van der Waals surface area contributed by atoms with Crippen molar-refractivity contribution in [2.45, 2.75) is 18.9 Å². The second-order valence-electron chi connectivity index (χ2n) is 8.78. The van der Waals surface area contributed by atoms with E-state index < -0.39 is 0 Å². The molecule has 1 aromatic heterocycles. The van der Waals surface area contributed by atoms with Crippen molar-refractivity contribution in [3.63, 3.8) is 0 Å². The molecule has 2 heterocycles. The number of piperazine rings is 1. The third-order valence-electron chi connectivity index (χ3n) is 6.69. The summed E-state index contributed by atoms with van der Waals surface area (Å²) in [6.45, 7) is 2.65. The smallest absolute Gasteiger partial charge is 0.222 e. The van der Waals surface area contributed by atoms with E-state index in [9.17, 15) is 13.6 Å². The zero-order chi connectivity index (χ0) is 23.5. The fourth-order valence-electron chi connectivity index (χ4n) is 4.87. The maximum absolute atomic E-state index is 13.5. The number of H-pyrrole nitrogens is 1. The van der Waals surface area contributed by atoms with Crippen LogP contribution in [-0.4, -0.2) is 46.9 Å². The first-order valence-electron chi connectivity index (χ1n) is 11.7. The minimum Gasteiger partial charge on any atom is -0.361 e. The molecule has 0 spiro atoms. The molecule has 1 amide bonds. The van der Waals surface area contributed by atoms with Gasteiger partial charge in [-0.25, -0.2) is 8.78 Å². The van der Waals surface area contributed by atoms with E-state index in [1.54, 1.807) is 24.3 Å². The van der Waals surface area contributed by atoms with Crippen molar-refractivity contribution < 1.29 is 13.6 Å². The van der Waals surface area contributed by atoms with Crippen LogP contribution in [0.15, 0.2) is 79.0 Å². The Labute approximate surface area is 197 Å². The SMILES string of the molecule is O=C(CCc1c[nH]c2ccccc12)N1CCN(C(c2ccc(F)cc2)c2ccc(F)cc2)CC1. The summed E-state index contributed by atoms with van der Waals surface area (Å²) in [6.07, 6.45) is 3.17. The number of carbonyl (C=O) groups is 1. The molecule has 1 aliphatic rings. The number of fused-ring (bicyclic) bond motifs is 1. The maximum atomic E-state index is 13.5. The number of nitrogens with zero attached hydrogens (tertiary/aromatic N) is 2. The molecule has 34 heavy (non-hydrogen) atoms. The van der Waals surface area contributed by atoms with Crippen LogP contribution in [0.2, 0.25) is 0 Å². The molecule has 0 aliphatic carbocycles. The molecule has 4 nitrogen and oxygen atoms in total. The van der Waals surface area contributed by atoms with Gasteiger partial charge in [0.2, 0.25) is 5.91 Å². The zero-order valence-electron chi connectivity index (χ0n) is 18.9. The van der Waals surface area contributed by atoms with Gasteiger partial charge in [0.05, 0.1) is 6.04 Å². The van der Waals surface area contributed by atoms with E-state index in [1.807, 2.05) is 29.3 Å². The van der Waals surface area contributed by atoms with Crippen molar-refractivity contribution in [2.75, 3.05) is 26.2 Å². The van der Waals surface area contributed by atoms with Crippen LogP contribution >= 0.6 is 0 Å². The molecule has 0 unspecified atom stereocenters. The summed E-state index contributed by atoms with van der Waals surface area (Å²) in [5, 5.41) is 1.17. The van der Waals surface area contributed by atoms with Gasteiger partial charge in [-0.05, 0) is 53.4 Å². The molecule has 6 heteroatoms. The van der Waals surface area contributed by atoms with Crippen LogP contribution in [0.3, 0.4) is 0 Å². The summed E-state index contributed by atoms with van der Waals surface area (Å²) in [5.74, 6) is -0.413. The highest BCUT2D eigenvalue weighted by molar-refractivity contribution is 5.84. The molecular weight excluding hydrogens is 432 g/mol. The van der Waals surface area contributed by atoms with Gasteiger partial charge in [0.25, 0.3) is 0 Å². The van der Waals surface area contributed by atoms with E-state index in [0.717, 1.165) is 22.2 Å². The van der Waals surface area contributed by atoms with Crippen LogP contribution in [0.4, 0.5) is 8.78 Å². The van der Waals surface area contributed by atoms with Crippen molar-refractivity contribution in [2.24, 2.45) is 0 Å². The largest absolute Gasteiger partial charge is 0.361 e. The second-order valence-corrected chi connectivity index (χ2v) is 8.78. The van der Waals surface area contributed by atoms with Gasteiger partial charge in [0, 0.05) is 49.7 Å². The van der Waals surface area contributed by atoms with E-state index in [4.69, 9.17) is 0 Å². The quantitative estimate of drug-likeness (QED) is 0.424. The van der Waals surface area contributed by atoms with E-state index in [0.29, 0.717) is 39.0 Å². The molecule has 4 aromatic rings. The van der Waals surface area contributed by atoms with Crippen LogP contribution < -0.4 is 0 Å². The number of aromatic amines is 1. The molecular formula is C28H27F2N3O. The number of hydrogen-bond acceptors (Lipinski definition) is 2. The van der Waals surface area contributed by atoms with Crippen LogP contribution in [0.25, 0.3) is 10.9 Å². The predicted octanol–water partition coefficient (Wildman–Crippen LogP) is 5.31. The Hall–Kier alpha value is -3.51. The first-order chi connectivity index (χ1) is 16.6. The van der Waals surface area contributed by atoms with E-state index in [-0.39, 0.29) is 23.6 Å². The van der Waals surface area contributed by atoms with E-state index in [1.165, 1.54) is 29.7 Å². The minimum atomic E-state index is -0.285. The average molecular weight is 460 g/mol. The molecule has 1 saturated heterocycles. The van der Waals surface area contributed by atoms with Gasteiger partial charge in [-0.15, -0.1) is 0 Å². The number of aryl methyl sites for hydroxylation is 1. The Kier molecular flexibility index (Phi) is 6.41. The Balaban J connectivity index is 1.25. The molecule has 3 aromatic carbocycles. The maximum Gasteiger partial charge on any atom is 0.222 e. The fraction of sp³-hybridized carbons (Fsp3) is 0.250. The molecule has 174 valence electrons. The standard InChI is InChI=1S/C28H27F2N3O/c29-23-10-5-20(6-11-23)28(21-7-12-24(30)13-8-21)33-17-15-32(16-18-33)27(34)14-9-22-19-31-26-4-2-1-3-25(22)26/h1-8,10-13,19,28,31H,9,14-18H2. The van der Waals surface area contributed by atoms with Gasteiger partial charge < -0.3 is 9.88 Å². The molecule has 0 bridgehead atoms. The topological polar surface area (TPSA) is 39.3 Å². The molecule has 1 N–H and O–H groups in total.